The lowest BCUT2D eigenvalue weighted by atomic mass is 10.1. The van der Waals surface area contributed by atoms with E-state index < -0.39 is 0 Å². The van der Waals surface area contributed by atoms with E-state index in [1.165, 1.54) is 10.9 Å². The first kappa shape index (κ1) is 20.4. The van der Waals surface area contributed by atoms with Crippen molar-refractivity contribution >= 4 is 34.0 Å². The van der Waals surface area contributed by atoms with E-state index in [2.05, 4.69) is 20.5 Å². The molecule has 9 heteroatoms. The first-order chi connectivity index (χ1) is 15.8. The molecule has 5 N–H and O–H groups in total. The zero-order valence-electron chi connectivity index (χ0n) is 18.4. The number of aryl methyl sites for hydroxylation is 2. The molecule has 0 radical (unpaired) electrons. The summed E-state index contributed by atoms with van der Waals surface area (Å²) in [5.41, 5.74) is 10.8. The Balaban J connectivity index is 1.53. The van der Waals surface area contributed by atoms with Crippen LogP contribution in [0.4, 0.5) is 17.3 Å². The molecule has 3 heterocycles. The number of H-pyrrole nitrogens is 1. The summed E-state index contributed by atoms with van der Waals surface area (Å²) in [6.07, 6.45) is 3.31. The van der Waals surface area contributed by atoms with Crippen molar-refractivity contribution in [3.63, 3.8) is 0 Å². The van der Waals surface area contributed by atoms with Crippen molar-refractivity contribution in [2.75, 3.05) is 11.1 Å². The number of para-hydroxylation sites is 1. The fraction of sp³-hybridized carbons (Fsp3) is 0.125. The van der Waals surface area contributed by atoms with Gasteiger partial charge in [-0.1, -0.05) is 18.2 Å². The smallest absolute Gasteiger partial charge is 0.214 e. The Morgan fingerprint density at radius 2 is 2.00 bits per heavy atom. The number of benzene rings is 2. The molecule has 166 valence electrons. The van der Waals surface area contributed by atoms with Gasteiger partial charge >= 0.3 is 0 Å². The number of aromatic hydroxyl groups is 1. The SMILES string of the molecule is Cc1ccc(O)c(C)c1-n1ncc(C(=O)c2cc3cccc(Nc4ccn(C)n4)c3[nH]2)c1N. The number of aromatic amines is 1. The van der Waals surface area contributed by atoms with Gasteiger partial charge in [0.1, 0.15) is 11.6 Å². The van der Waals surface area contributed by atoms with Crippen LogP contribution in [0, 0.1) is 13.8 Å². The van der Waals surface area contributed by atoms with Crippen LogP contribution in [0.3, 0.4) is 0 Å². The first-order valence-corrected chi connectivity index (χ1v) is 10.4. The van der Waals surface area contributed by atoms with Gasteiger partial charge in [0, 0.05) is 30.3 Å². The molecule has 0 saturated heterocycles. The molecule has 0 amide bonds. The Bertz CT molecular complexity index is 1520. The third-order valence-electron chi connectivity index (χ3n) is 5.74. The fourth-order valence-corrected chi connectivity index (χ4v) is 4.01. The summed E-state index contributed by atoms with van der Waals surface area (Å²) < 4.78 is 3.21. The largest absolute Gasteiger partial charge is 0.508 e. The van der Waals surface area contributed by atoms with Crippen molar-refractivity contribution in [2.45, 2.75) is 13.8 Å². The molecule has 5 aromatic rings. The van der Waals surface area contributed by atoms with Crippen LogP contribution in [-0.2, 0) is 7.05 Å². The topological polar surface area (TPSA) is 127 Å². The maximum Gasteiger partial charge on any atom is 0.214 e. The molecule has 0 spiro atoms. The van der Waals surface area contributed by atoms with Gasteiger partial charge in [0.15, 0.2) is 5.82 Å². The number of nitrogens with one attached hydrogen (secondary N) is 2. The highest BCUT2D eigenvalue weighted by molar-refractivity contribution is 6.13. The van der Waals surface area contributed by atoms with E-state index in [1.54, 1.807) is 29.8 Å². The molecule has 0 aliphatic carbocycles. The van der Waals surface area contributed by atoms with Crippen molar-refractivity contribution in [1.29, 1.82) is 0 Å². The predicted octanol–water partition coefficient (Wildman–Crippen LogP) is 3.97. The predicted molar refractivity (Wildman–Crippen MR) is 127 cm³/mol. The molecule has 0 fully saturated rings. The van der Waals surface area contributed by atoms with Crippen LogP contribution in [-0.4, -0.2) is 35.4 Å². The molecule has 0 saturated carbocycles. The van der Waals surface area contributed by atoms with Crippen LogP contribution in [0.2, 0.25) is 0 Å². The van der Waals surface area contributed by atoms with Crippen molar-refractivity contribution in [3.05, 3.63) is 77.2 Å². The molecule has 0 bridgehead atoms. The Labute approximate surface area is 189 Å². The van der Waals surface area contributed by atoms with Crippen LogP contribution >= 0.6 is 0 Å². The number of aromatic nitrogens is 5. The summed E-state index contributed by atoms with van der Waals surface area (Å²) >= 11 is 0. The third-order valence-corrected chi connectivity index (χ3v) is 5.74. The highest BCUT2D eigenvalue weighted by atomic mass is 16.3. The lowest BCUT2D eigenvalue weighted by Crippen LogP contribution is -2.09. The highest BCUT2D eigenvalue weighted by Gasteiger charge is 2.22. The van der Waals surface area contributed by atoms with Crippen LogP contribution < -0.4 is 11.1 Å². The monoisotopic (exact) mass is 441 g/mol. The van der Waals surface area contributed by atoms with Crippen LogP contribution in [0.15, 0.2) is 54.9 Å². The summed E-state index contributed by atoms with van der Waals surface area (Å²) in [7, 11) is 1.85. The molecule has 2 aromatic carbocycles. The number of carbonyl (C=O) groups is 1. The van der Waals surface area contributed by atoms with E-state index in [0.29, 0.717) is 22.8 Å². The van der Waals surface area contributed by atoms with E-state index in [0.717, 1.165) is 22.2 Å². The molecular weight excluding hydrogens is 418 g/mol. The molecule has 33 heavy (non-hydrogen) atoms. The first-order valence-electron chi connectivity index (χ1n) is 10.4. The maximum atomic E-state index is 13.3. The van der Waals surface area contributed by atoms with Crippen LogP contribution in [0.5, 0.6) is 5.75 Å². The number of nitrogen functional groups attached to an aromatic ring is 1. The number of hydrogen-bond donors (Lipinski definition) is 4. The fourth-order valence-electron chi connectivity index (χ4n) is 4.01. The molecule has 0 atom stereocenters. The van der Waals surface area contributed by atoms with Crippen molar-refractivity contribution < 1.29 is 9.90 Å². The number of phenolic OH excluding ortho intramolecular Hbond substituents is 1. The average Bonchev–Trinajstić information content (AvgIpc) is 3.50. The quantitative estimate of drug-likeness (QED) is 0.306. The summed E-state index contributed by atoms with van der Waals surface area (Å²) in [5, 5.41) is 23.0. The second kappa shape index (κ2) is 7.56. The maximum absolute atomic E-state index is 13.3. The van der Waals surface area contributed by atoms with E-state index in [9.17, 15) is 9.90 Å². The van der Waals surface area contributed by atoms with Gasteiger partial charge in [0.05, 0.1) is 34.3 Å². The number of phenols is 1. The molecular formula is C24H23N7O2. The van der Waals surface area contributed by atoms with E-state index >= 15 is 0 Å². The molecule has 0 unspecified atom stereocenters. The number of fused-ring (bicyclic) bond motifs is 1. The minimum Gasteiger partial charge on any atom is -0.508 e. The third kappa shape index (κ3) is 3.39. The molecule has 9 nitrogen and oxygen atoms in total. The number of carbonyl (C=O) groups excluding carboxylic acids is 1. The second-order valence-corrected chi connectivity index (χ2v) is 8.01. The lowest BCUT2D eigenvalue weighted by Gasteiger charge is -2.13. The van der Waals surface area contributed by atoms with E-state index in [1.807, 2.05) is 44.4 Å². The number of rotatable bonds is 5. The van der Waals surface area contributed by atoms with Crippen molar-refractivity contribution in [3.8, 4) is 11.4 Å². The van der Waals surface area contributed by atoms with Gasteiger partial charge in [-0.25, -0.2) is 4.68 Å². The number of nitrogens with zero attached hydrogens (tertiary/aromatic N) is 4. The summed E-state index contributed by atoms with van der Waals surface area (Å²) in [6.45, 7) is 3.69. The van der Waals surface area contributed by atoms with Gasteiger partial charge in [-0.3, -0.25) is 9.48 Å². The summed E-state index contributed by atoms with van der Waals surface area (Å²) in [4.78, 5) is 16.6. The van der Waals surface area contributed by atoms with E-state index in [-0.39, 0.29) is 22.9 Å². The standard InChI is InChI=1S/C24H23N7O2/c1-13-7-8-19(32)14(2)22(13)31-24(25)16(12-26-31)23(33)18-11-15-5-4-6-17(21(15)28-18)27-20-9-10-30(3)29-20/h4-12,28,32H,25H2,1-3H3,(H,27,29). The Morgan fingerprint density at radius 3 is 2.76 bits per heavy atom. The number of nitrogens with two attached hydrogens (primary N) is 1. The van der Waals surface area contributed by atoms with E-state index in [4.69, 9.17) is 5.73 Å². The van der Waals surface area contributed by atoms with Crippen LogP contribution in [0.1, 0.15) is 27.2 Å². The van der Waals surface area contributed by atoms with Crippen molar-refractivity contribution in [1.82, 2.24) is 24.5 Å². The summed E-state index contributed by atoms with van der Waals surface area (Å²) in [5.74, 6) is 0.785. The highest BCUT2D eigenvalue weighted by Crippen LogP contribution is 2.31. The number of ketones is 1. The number of anilines is 3. The molecule has 0 aliphatic rings. The van der Waals surface area contributed by atoms with Crippen LogP contribution in [0.25, 0.3) is 16.6 Å². The van der Waals surface area contributed by atoms with Gasteiger partial charge in [-0.2, -0.15) is 10.2 Å². The normalized spacial score (nSPS) is 11.2. The van der Waals surface area contributed by atoms with Gasteiger partial charge in [0.2, 0.25) is 5.78 Å². The van der Waals surface area contributed by atoms with Gasteiger partial charge in [0.25, 0.3) is 0 Å². The molecule has 3 aromatic heterocycles. The lowest BCUT2D eigenvalue weighted by molar-refractivity contribution is 0.103. The Morgan fingerprint density at radius 1 is 1.18 bits per heavy atom. The second-order valence-electron chi connectivity index (χ2n) is 8.01. The average molecular weight is 441 g/mol. The molecule has 5 rings (SSSR count). The minimum atomic E-state index is -0.269. The van der Waals surface area contributed by atoms with Gasteiger partial charge in [-0.15, -0.1) is 0 Å². The van der Waals surface area contributed by atoms with Gasteiger partial charge < -0.3 is 21.1 Å². The van der Waals surface area contributed by atoms with Gasteiger partial charge in [-0.05, 0) is 37.6 Å². The zero-order valence-corrected chi connectivity index (χ0v) is 18.4. The zero-order chi connectivity index (χ0) is 23.3. The number of hydrogen-bond acceptors (Lipinski definition) is 6. The Kier molecular flexibility index (Phi) is 4.67. The summed E-state index contributed by atoms with van der Waals surface area (Å²) in [6, 6.07) is 12.8. The minimum absolute atomic E-state index is 0.141. The molecule has 0 aliphatic heterocycles. The Hall–Kier alpha value is -4.53. The van der Waals surface area contributed by atoms with Crippen molar-refractivity contribution in [2.24, 2.45) is 7.05 Å².